The van der Waals surface area contributed by atoms with Gasteiger partial charge in [0.1, 0.15) is 0 Å². The lowest BCUT2D eigenvalue weighted by Gasteiger charge is -2.07. The molecule has 0 radical (unpaired) electrons. The molecule has 0 aliphatic carbocycles. The van der Waals surface area contributed by atoms with E-state index in [1.165, 1.54) is 13.8 Å². The second-order valence-electron chi connectivity index (χ2n) is 2.24. The van der Waals surface area contributed by atoms with Crippen molar-refractivity contribution in [3.63, 3.8) is 0 Å². The average molecular weight is 204 g/mol. The summed E-state index contributed by atoms with van der Waals surface area (Å²) in [4.78, 5) is 32.5. The Kier molecular flexibility index (Phi) is 5.47. The fourth-order valence-electron chi connectivity index (χ4n) is 0.642. The number of ether oxygens (including phenoxy) is 2. The van der Waals surface area contributed by atoms with E-state index in [-0.39, 0.29) is 13.2 Å². The highest BCUT2D eigenvalue weighted by atomic mass is 16.6. The summed E-state index contributed by atoms with van der Waals surface area (Å²) >= 11 is 0. The number of carbonyl (C=O) groups excluding carboxylic acids is 3. The highest BCUT2D eigenvalue weighted by molar-refractivity contribution is 6.39. The summed E-state index contributed by atoms with van der Waals surface area (Å²) in [5, 5.41) is 8.99. The highest BCUT2D eigenvalue weighted by Gasteiger charge is 2.31. The maximum absolute atomic E-state index is 10.9. The first-order valence-electron chi connectivity index (χ1n) is 4.10. The predicted octanol–water partition coefficient (Wildman–Crippen LogP) is -0.957. The quantitative estimate of drug-likeness (QED) is 0.352. The zero-order valence-corrected chi connectivity index (χ0v) is 7.98. The van der Waals surface area contributed by atoms with E-state index in [2.05, 4.69) is 9.47 Å². The van der Waals surface area contributed by atoms with Crippen molar-refractivity contribution >= 4 is 17.7 Å². The summed E-state index contributed by atoms with van der Waals surface area (Å²) < 4.78 is 8.63. The standard InChI is InChI=1S/C8H12O6/c1-3-13-7(11)5(9)6(10)8(12)14-4-2/h5,9H,3-4H2,1-2H3. The Morgan fingerprint density at radius 2 is 1.64 bits per heavy atom. The molecule has 0 spiro atoms. The van der Waals surface area contributed by atoms with Gasteiger partial charge in [-0.1, -0.05) is 0 Å². The van der Waals surface area contributed by atoms with Crippen molar-refractivity contribution < 1.29 is 29.0 Å². The molecule has 6 nitrogen and oxygen atoms in total. The maximum Gasteiger partial charge on any atom is 0.378 e. The van der Waals surface area contributed by atoms with Crippen molar-refractivity contribution in [1.29, 1.82) is 0 Å². The van der Waals surface area contributed by atoms with E-state index in [1.807, 2.05) is 0 Å². The number of hydrogen-bond donors (Lipinski definition) is 1. The van der Waals surface area contributed by atoms with Crippen LogP contribution in [-0.4, -0.2) is 42.1 Å². The Labute approximate surface area is 80.8 Å². The molecule has 0 aromatic heterocycles. The molecule has 0 aromatic rings. The Morgan fingerprint density at radius 1 is 1.14 bits per heavy atom. The number of aliphatic hydroxyl groups is 1. The normalized spacial score (nSPS) is 11.6. The number of carbonyl (C=O) groups is 3. The summed E-state index contributed by atoms with van der Waals surface area (Å²) in [5.41, 5.74) is 0. The van der Waals surface area contributed by atoms with Crippen LogP contribution in [0, 0.1) is 0 Å². The lowest BCUT2D eigenvalue weighted by molar-refractivity contribution is -0.166. The third kappa shape index (κ3) is 3.53. The fourth-order valence-corrected chi connectivity index (χ4v) is 0.642. The minimum atomic E-state index is -2.09. The highest BCUT2D eigenvalue weighted by Crippen LogP contribution is 1.94. The second kappa shape index (κ2) is 6.09. The Bertz CT molecular complexity index is 234. The van der Waals surface area contributed by atoms with Crippen LogP contribution in [0.25, 0.3) is 0 Å². The summed E-state index contributed by atoms with van der Waals surface area (Å²) in [5.74, 6) is -3.70. The molecule has 0 aliphatic heterocycles. The van der Waals surface area contributed by atoms with Crippen LogP contribution in [0.2, 0.25) is 0 Å². The summed E-state index contributed by atoms with van der Waals surface area (Å²) in [6.45, 7) is 3.04. The maximum atomic E-state index is 10.9. The molecule has 0 bridgehead atoms. The molecule has 0 amide bonds. The number of ketones is 1. The molecule has 0 rings (SSSR count). The Balaban J connectivity index is 4.24. The fraction of sp³-hybridized carbons (Fsp3) is 0.625. The molecule has 6 heteroatoms. The van der Waals surface area contributed by atoms with Gasteiger partial charge in [-0.05, 0) is 13.8 Å². The van der Waals surface area contributed by atoms with Gasteiger partial charge in [-0.2, -0.15) is 0 Å². The van der Waals surface area contributed by atoms with Crippen LogP contribution in [0.3, 0.4) is 0 Å². The van der Waals surface area contributed by atoms with E-state index in [9.17, 15) is 14.4 Å². The van der Waals surface area contributed by atoms with E-state index in [0.717, 1.165) is 0 Å². The van der Waals surface area contributed by atoms with Crippen LogP contribution in [0.1, 0.15) is 13.8 Å². The van der Waals surface area contributed by atoms with Gasteiger partial charge in [-0.15, -0.1) is 0 Å². The molecule has 0 aromatic carbocycles. The zero-order valence-electron chi connectivity index (χ0n) is 7.98. The van der Waals surface area contributed by atoms with Gasteiger partial charge in [-0.25, -0.2) is 9.59 Å². The molecule has 80 valence electrons. The van der Waals surface area contributed by atoms with Gasteiger partial charge < -0.3 is 14.6 Å². The molecular weight excluding hydrogens is 192 g/mol. The molecule has 0 fully saturated rings. The van der Waals surface area contributed by atoms with Crippen molar-refractivity contribution in [2.24, 2.45) is 0 Å². The van der Waals surface area contributed by atoms with Crippen LogP contribution in [-0.2, 0) is 23.9 Å². The minimum Gasteiger partial charge on any atom is -0.464 e. The van der Waals surface area contributed by atoms with Crippen LogP contribution in [0.5, 0.6) is 0 Å². The molecule has 0 aliphatic rings. The number of Topliss-reactive ketones (excluding diaryl/α,β-unsaturated/α-hetero) is 1. The molecule has 0 saturated heterocycles. The van der Waals surface area contributed by atoms with Gasteiger partial charge >= 0.3 is 11.9 Å². The number of hydrogen-bond acceptors (Lipinski definition) is 6. The molecule has 14 heavy (non-hydrogen) atoms. The van der Waals surface area contributed by atoms with Crippen LogP contribution >= 0.6 is 0 Å². The molecule has 0 heterocycles. The second-order valence-corrected chi connectivity index (χ2v) is 2.24. The van der Waals surface area contributed by atoms with E-state index in [4.69, 9.17) is 5.11 Å². The Hall–Kier alpha value is -1.43. The number of aliphatic hydroxyl groups excluding tert-OH is 1. The first kappa shape index (κ1) is 12.6. The van der Waals surface area contributed by atoms with Crippen molar-refractivity contribution in [3.8, 4) is 0 Å². The largest absolute Gasteiger partial charge is 0.464 e. The van der Waals surface area contributed by atoms with Crippen LogP contribution in [0.15, 0.2) is 0 Å². The lowest BCUT2D eigenvalue weighted by atomic mass is 10.2. The van der Waals surface area contributed by atoms with E-state index in [1.54, 1.807) is 0 Å². The first-order valence-corrected chi connectivity index (χ1v) is 4.10. The van der Waals surface area contributed by atoms with Gasteiger partial charge in [0, 0.05) is 0 Å². The van der Waals surface area contributed by atoms with Gasteiger partial charge in [0.2, 0.25) is 6.10 Å². The van der Waals surface area contributed by atoms with E-state index < -0.39 is 23.8 Å². The van der Waals surface area contributed by atoms with Crippen molar-refractivity contribution in [3.05, 3.63) is 0 Å². The molecule has 1 unspecified atom stereocenters. The molecular formula is C8H12O6. The van der Waals surface area contributed by atoms with E-state index >= 15 is 0 Å². The van der Waals surface area contributed by atoms with Crippen LogP contribution in [0.4, 0.5) is 0 Å². The zero-order chi connectivity index (χ0) is 11.1. The Morgan fingerprint density at radius 3 is 2.07 bits per heavy atom. The van der Waals surface area contributed by atoms with Gasteiger partial charge in [0.15, 0.2) is 0 Å². The van der Waals surface area contributed by atoms with Crippen molar-refractivity contribution in [2.75, 3.05) is 13.2 Å². The van der Waals surface area contributed by atoms with Gasteiger partial charge in [0.05, 0.1) is 13.2 Å². The average Bonchev–Trinajstić information content (AvgIpc) is 2.16. The summed E-state index contributed by atoms with van der Waals surface area (Å²) in [7, 11) is 0. The lowest BCUT2D eigenvalue weighted by Crippen LogP contribution is -2.37. The van der Waals surface area contributed by atoms with Gasteiger partial charge in [-0.3, -0.25) is 4.79 Å². The summed E-state index contributed by atoms with van der Waals surface area (Å²) in [6, 6.07) is 0. The summed E-state index contributed by atoms with van der Waals surface area (Å²) in [6.07, 6.45) is -2.09. The van der Waals surface area contributed by atoms with Crippen LogP contribution < -0.4 is 0 Å². The smallest absolute Gasteiger partial charge is 0.378 e. The number of esters is 2. The van der Waals surface area contributed by atoms with Gasteiger partial charge in [0.25, 0.3) is 5.78 Å². The monoisotopic (exact) mass is 204 g/mol. The van der Waals surface area contributed by atoms with Crippen molar-refractivity contribution in [2.45, 2.75) is 20.0 Å². The minimum absolute atomic E-state index is 0.000118. The number of rotatable bonds is 5. The topological polar surface area (TPSA) is 89.9 Å². The SMILES string of the molecule is CCOC(=O)C(=O)C(O)C(=O)OCC. The third-order valence-electron chi connectivity index (χ3n) is 1.23. The molecule has 0 saturated carbocycles. The first-order chi connectivity index (χ1) is 6.54. The van der Waals surface area contributed by atoms with E-state index in [0.29, 0.717) is 0 Å². The molecule has 1 N–H and O–H groups in total. The predicted molar refractivity (Wildman–Crippen MR) is 44.3 cm³/mol. The third-order valence-corrected chi connectivity index (χ3v) is 1.23. The van der Waals surface area contributed by atoms with Crippen molar-refractivity contribution in [1.82, 2.24) is 0 Å². The molecule has 1 atom stereocenters.